The molecule has 1 aromatic heterocycles. The highest BCUT2D eigenvalue weighted by Gasteiger charge is 2.19. The van der Waals surface area contributed by atoms with Crippen molar-refractivity contribution < 1.29 is 14.4 Å². The number of aliphatic hydroxyl groups is 1. The van der Waals surface area contributed by atoms with Gasteiger partial charge in [0.25, 0.3) is 0 Å². The first-order valence-corrected chi connectivity index (χ1v) is 7.81. The summed E-state index contributed by atoms with van der Waals surface area (Å²) in [6, 6.07) is 7.60. The van der Waals surface area contributed by atoms with Gasteiger partial charge in [0.2, 0.25) is 11.7 Å². The van der Waals surface area contributed by atoms with E-state index < -0.39 is 0 Å². The number of ether oxygens (including phenoxy) is 1. The highest BCUT2D eigenvalue weighted by molar-refractivity contribution is 5.55. The molecule has 2 heterocycles. The van der Waals surface area contributed by atoms with Gasteiger partial charge in [0, 0.05) is 38.3 Å². The number of nitrogens with zero attached hydrogens (tertiary/aromatic N) is 4. The van der Waals surface area contributed by atoms with Crippen LogP contribution < -0.4 is 4.74 Å². The zero-order chi connectivity index (χ0) is 16.1. The zero-order valence-electron chi connectivity index (χ0n) is 13.3. The van der Waals surface area contributed by atoms with Crippen LogP contribution in [0, 0.1) is 0 Å². The van der Waals surface area contributed by atoms with Gasteiger partial charge in [-0.05, 0) is 24.3 Å². The van der Waals surface area contributed by atoms with Crippen molar-refractivity contribution in [2.75, 3.05) is 46.4 Å². The Kier molecular flexibility index (Phi) is 5.22. The van der Waals surface area contributed by atoms with E-state index in [1.54, 1.807) is 7.11 Å². The lowest BCUT2D eigenvalue weighted by Crippen LogP contribution is -2.46. The largest absolute Gasteiger partial charge is 0.497 e. The average Bonchev–Trinajstić information content (AvgIpc) is 3.05. The molecule has 0 spiro atoms. The first-order chi connectivity index (χ1) is 11.3. The Bertz CT molecular complexity index is 606. The Morgan fingerprint density at radius 3 is 2.48 bits per heavy atom. The number of benzene rings is 1. The summed E-state index contributed by atoms with van der Waals surface area (Å²) in [4.78, 5) is 9.02. The lowest BCUT2D eigenvalue weighted by molar-refractivity contribution is 0.101. The van der Waals surface area contributed by atoms with Crippen molar-refractivity contribution in [2.45, 2.75) is 6.54 Å². The van der Waals surface area contributed by atoms with E-state index in [4.69, 9.17) is 14.4 Å². The summed E-state index contributed by atoms with van der Waals surface area (Å²) in [6.07, 6.45) is 0. The first kappa shape index (κ1) is 15.9. The first-order valence-electron chi connectivity index (χ1n) is 7.81. The second-order valence-corrected chi connectivity index (χ2v) is 5.58. The Morgan fingerprint density at radius 2 is 1.83 bits per heavy atom. The summed E-state index contributed by atoms with van der Waals surface area (Å²) in [7, 11) is 1.64. The summed E-state index contributed by atoms with van der Waals surface area (Å²) in [5.41, 5.74) is 0.911. The summed E-state index contributed by atoms with van der Waals surface area (Å²) >= 11 is 0. The molecule has 3 rings (SSSR count). The molecular formula is C16H22N4O3. The SMILES string of the molecule is COc1ccc(-c2noc(CN3CCN(CCO)CC3)n2)cc1. The zero-order valence-corrected chi connectivity index (χ0v) is 13.3. The third-order valence-electron chi connectivity index (χ3n) is 4.06. The van der Waals surface area contributed by atoms with E-state index in [9.17, 15) is 0 Å². The molecule has 1 aliphatic rings. The van der Waals surface area contributed by atoms with Crippen molar-refractivity contribution in [3.63, 3.8) is 0 Å². The van der Waals surface area contributed by atoms with Crippen molar-refractivity contribution in [2.24, 2.45) is 0 Å². The van der Waals surface area contributed by atoms with Crippen LogP contribution in [0.3, 0.4) is 0 Å². The number of hydrogen-bond donors (Lipinski definition) is 1. The molecule has 7 nitrogen and oxygen atoms in total. The van der Waals surface area contributed by atoms with Gasteiger partial charge in [-0.1, -0.05) is 5.16 Å². The number of aromatic nitrogens is 2. The lowest BCUT2D eigenvalue weighted by Gasteiger charge is -2.33. The van der Waals surface area contributed by atoms with Crippen molar-refractivity contribution in [3.05, 3.63) is 30.2 Å². The fraction of sp³-hybridized carbons (Fsp3) is 0.500. The smallest absolute Gasteiger partial charge is 0.241 e. The fourth-order valence-corrected chi connectivity index (χ4v) is 2.68. The highest BCUT2D eigenvalue weighted by Crippen LogP contribution is 2.20. The normalized spacial score (nSPS) is 16.6. The molecule has 7 heteroatoms. The molecule has 1 aliphatic heterocycles. The number of rotatable bonds is 6. The molecule has 0 unspecified atom stereocenters. The predicted molar refractivity (Wildman–Crippen MR) is 85.1 cm³/mol. The highest BCUT2D eigenvalue weighted by atomic mass is 16.5. The Labute approximate surface area is 135 Å². The number of methoxy groups -OCH3 is 1. The van der Waals surface area contributed by atoms with E-state index >= 15 is 0 Å². The third kappa shape index (κ3) is 4.07. The van der Waals surface area contributed by atoms with Gasteiger partial charge in [-0.15, -0.1) is 0 Å². The van der Waals surface area contributed by atoms with Crippen molar-refractivity contribution in [1.29, 1.82) is 0 Å². The van der Waals surface area contributed by atoms with Gasteiger partial charge in [0.05, 0.1) is 20.3 Å². The molecule has 1 saturated heterocycles. The topological polar surface area (TPSA) is 74.9 Å². The number of aliphatic hydroxyl groups excluding tert-OH is 1. The standard InChI is InChI=1S/C16H22N4O3/c1-22-14-4-2-13(3-5-14)16-17-15(23-18-16)12-20-8-6-19(7-9-20)10-11-21/h2-5,21H,6-12H2,1H3. The minimum atomic E-state index is 0.217. The van der Waals surface area contributed by atoms with Crippen LogP contribution in [0.25, 0.3) is 11.4 Å². The summed E-state index contributed by atoms with van der Waals surface area (Å²) in [5, 5.41) is 13.0. The van der Waals surface area contributed by atoms with Gasteiger partial charge in [0.1, 0.15) is 5.75 Å². The van der Waals surface area contributed by atoms with Crippen LogP contribution in [-0.4, -0.2) is 71.5 Å². The average molecular weight is 318 g/mol. The molecule has 124 valence electrons. The van der Waals surface area contributed by atoms with Crippen LogP contribution in [0.2, 0.25) is 0 Å². The summed E-state index contributed by atoms with van der Waals surface area (Å²) in [6.45, 7) is 5.43. The molecule has 0 bridgehead atoms. The molecule has 0 amide bonds. The Hall–Kier alpha value is -1.96. The number of hydrogen-bond acceptors (Lipinski definition) is 7. The Morgan fingerprint density at radius 1 is 1.13 bits per heavy atom. The third-order valence-corrected chi connectivity index (χ3v) is 4.06. The van der Waals surface area contributed by atoms with Crippen molar-refractivity contribution in [1.82, 2.24) is 19.9 Å². The second-order valence-electron chi connectivity index (χ2n) is 5.58. The minimum absolute atomic E-state index is 0.217. The van der Waals surface area contributed by atoms with E-state index in [0.29, 0.717) is 18.3 Å². The second kappa shape index (κ2) is 7.54. The number of β-amino-alcohol motifs (C(OH)–C–C–N with tert-alkyl or cyclic N) is 1. The molecule has 1 N–H and O–H groups in total. The molecule has 1 aromatic carbocycles. The fourth-order valence-electron chi connectivity index (χ4n) is 2.68. The lowest BCUT2D eigenvalue weighted by atomic mass is 10.2. The maximum atomic E-state index is 8.97. The van der Waals surface area contributed by atoms with Gasteiger partial charge in [0.15, 0.2) is 0 Å². The molecule has 0 aliphatic carbocycles. The van der Waals surface area contributed by atoms with Crippen LogP contribution >= 0.6 is 0 Å². The summed E-state index contributed by atoms with van der Waals surface area (Å²) < 4.78 is 10.5. The maximum Gasteiger partial charge on any atom is 0.241 e. The maximum absolute atomic E-state index is 8.97. The molecule has 0 saturated carbocycles. The molecule has 23 heavy (non-hydrogen) atoms. The van der Waals surface area contributed by atoms with Gasteiger partial charge in [-0.2, -0.15) is 4.98 Å². The van der Waals surface area contributed by atoms with E-state index in [1.807, 2.05) is 24.3 Å². The minimum Gasteiger partial charge on any atom is -0.497 e. The van der Waals surface area contributed by atoms with Crippen molar-refractivity contribution in [3.8, 4) is 17.1 Å². The van der Waals surface area contributed by atoms with E-state index in [-0.39, 0.29) is 6.61 Å². The van der Waals surface area contributed by atoms with Gasteiger partial charge >= 0.3 is 0 Å². The Balaban J connectivity index is 1.57. The van der Waals surface area contributed by atoms with Crippen molar-refractivity contribution >= 4 is 0 Å². The number of piperazine rings is 1. The van der Waals surface area contributed by atoms with Crippen LogP contribution in [0.5, 0.6) is 5.75 Å². The van der Waals surface area contributed by atoms with Gasteiger partial charge in [-0.3, -0.25) is 9.80 Å². The molecule has 2 aromatic rings. The van der Waals surface area contributed by atoms with Crippen LogP contribution in [0.4, 0.5) is 0 Å². The molecule has 1 fully saturated rings. The van der Waals surface area contributed by atoms with E-state index in [0.717, 1.165) is 44.0 Å². The van der Waals surface area contributed by atoms with Crippen LogP contribution in [-0.2, 0) is 6.54 Å². The summed E-state index contributed by atoms with van der Waals surface area (Å²) in [5.74, 6) is 2.03. The monoisotopic (exact) mass is 318 g/mol. The van der Waals surface area contributed by atoms with Gasteiger partial charge in [-0.25, -0.2) is 0 Å². The quantitative estimate of drug-likeness (QED) is 0.846. The van der Waals surface area contributed by atoms with Crippen LogP contribution in [0.1, 0.15) is 5.89 Å². The van der Waals surface area contributed by atoms with Crippen LogP contribution in [0.15, 0.2) is 28.8 Å². The van der Waals surface area contributed by atoms with E-state index in [1.165, 1.54) is 0 Å². The molecule has 0 atom stereocenters. The predicted octanol–water partition coefficient (Wildman–Crippen LogP) is 0.855. The molecular weight excluding hydrogens is 296 g/mol. The molecule has 0 radical (unpaired) electrons. The van der Waals surface area contributed by atoms with Gasteiger partial charge < -0.3 is 14.4 Å². The van der Waals surface area contributed by atoms with E-state index in [2.05, 4.69) is 19.9 Å².